The van der Waals surface area contributed by atoms with Crippen molar-refractivity contribution in [3.8, 4) is 0 Å². The molecule has 0 aromatic heterocycles. The number of benzene rings is 1. The lowest BCUT2D eigenvalue weighted by molar-refractivity contribution is 0.369. The summed E-state index contributed by atoms with van der Waals surface area (Å²) < 4.78 is 26.9. The molecule has 0 spiro atoms. The fraction of sp³-hybridized carbons (Fsp3) is 0.455. The van der Waals surface area contributed by atoms with Crippen LogP contribution >= 0.6 is 15.9 Å². The summed E-state index contributed by atoms with van der Waals surface area (Å²) in [6.45, 7) is 5.92. The van der Waals surface area contributed by atoms with Gasteiger partial charge in [0.2, 0.25) is 10.0 Å². The average molecular weight is 321 g/mol. The van der Waals surface area contributed by atoms with Crippen LogP contribution in [0.4, 0.5) is 5.69 Å². The van der Waals surface area contributed by atoms with Crippen LogP contribution in [0.3, 0.4) is 0 Å². The Bertz CT molecular complexity index is 500. The van der Waals surface area contributed by atoms with Gasteiger partial charge in [0, 0.05) is 17.1 Å². The van der Waals surface area contributed by atoms with Crippen LogP contribution in [0.25, 0.3) is 0 Å². The zero-order valence-electron chi connectivity index (χ0n) is 10.1. The van der Waals surface area contributed by atoms with Crippen LogP contribution in [0.15, 0.2) is 27.6 Å². The average Bonchev–Trinajstić information content (AvgIpc) is 2.16. The van der Waals surface area contributed by atoms with Crippen LogP contribution in [-0.4, -0.2) is 25.3 Å². The van der Waals surface area contributed by atoms with Crippen molar-refractivity contribution in [2.24, 2.45) is 0 Å². The number of anilines is 1. The molecular formula is C11H17BrN2O2S. The van der Waals surface area contributed by atoms with Gasteiger partial charge < -0.3 is 5.73 Å². The number of halogens is 1. The number of nitrogens with zero attached hydrogens (tertiary/aromatic N) is 1. The van der Waals surface area contributed by atoms with Crippen LogP contribution in [0, 0.1) is 0 Å². The van der Waals surface area contributed by atoms with Crippen molar-refractivity contribution < 1.29 is 8.42 Å². The lowest BCUT2D eigenvalue weighted by Crippen LogP contribution is -2.37. The molecule has 6 heteroatoms. The van der Waals surface area contributed by atoms with E-state index in [9.17, 15) is 8.42 Å². The lowest BCUT2D eigenvalue weighted by Gasteiger charge is -2.25. The summed E-state index contributed by atoms with van der Waals surface area (Å²) in [5.74, 6) is 0. The fourth-order valence-electron chi connectivity index (χ4n) is 1.69. The van der Waals surface area contributed by atoms with Crippen molar-refractivity contribution >= 4 is 31.6 Å². The van der Waals surface area contributed by atoms with Gasteiger partial charge >= 0.3 is 0 Å². The van der Waals surface area contributed by atoms with E-state index in [1.807, 2.05) is 20.8 Å². The second-order valence-electron chi connectivity index (χ2n) is 3.98. The van der Waals surface area contributed by atoms with Gasteiger partial charge in [0.15, 0.2) is 0 Å². The van der Waals surface area contributed by atoms with Crippen molar-refractivity contribution in [3.63, 3.8) is 0 Å². The predicted molar refractivity (Wildman–Crippen MR) is 73.3 cm³/mol. The van der Waals surface area contributed by atoms with Gasteiger partial charge in [0.05, 0.1) is 5.69 Å². The molecule has 0 unspecified atom stereocenters. The molecule has 0 aliphatic carbocycles. The Kier molecular flexibility index (Phi) is 4.57. The Morgan fingerprint density at radius 2 is 2.00 bits per heavy atom. The molecule has 17 heavy (non-hydrogen) atoms. The highest BCUT2D eigenvalue weighted by Gasteiger charge is 2.27. The largest absolute Gasteiger partial charge is 0.398 e. The molecule has 1 rings (SSSR count). The molecule has 0 fully saturated rings. The van der Waals surface area contributed by atoms with E-state index in [4.69, 9.17) is 5.73 Å². The Morgan fingerprint density at radius 3 is 2.41 bits per heavy atom. The molecule has 0 bridgehead atoms. The fourth-order valence-corrected chi connectivity index (χ4v) is 3.82. The third-order valence-electron chi connectivity index (χ3n) is 2.45. The Balaban J connectivity index is 3.30. The van der Waals surface area contributed by atoms with Crippen molar-refractivity contribution in [1.29, 1.82) is 0 Å². The predicted octanol–water partition coefficient (Wildman–Crippen LogP) is 2.45. The molecule has 0 heterocycles. The summed E-state index contributed by atoms with van der Waals surface area (Å²) >= 11 is 3.26. The number of hydrogen-bond donors (Lipinski definition) is 1. The maximum Gasteiger partial charge on any atom is 0.245 e. The van der Waals surface area contributed by atoms with Crippen molar-refractivity contribution in [2.75, 3.05) is 12.3 Å². The topological polar surface area (TPSA) is 63.4 Å². The quantitative estimate of drug-likeness (QED) is 0.867. The molecule has 0 atom stereocenters. The highest BCUT2D eigenvalue weighted by molar-refractivity contribution is 9.10. The molecule has 0 radical (unpaired) electrons. The van der Waals surface area contributed by atoms with Crippen LogP contribution in [0.5, 0.6) is 0 Å². The molecule has 4 nitrogen and oxygen atoms in total. The standard InChI is InChI=1S/C11H17BrN2O2S/c1-4-14(8(2)3)17(15,16)11-6-5-9(12)7-10(11)13/h5-8H,4,13H2,1-3H3. The molecule has 1 aromatic carbocycles. The molecule has 0 amide bonds. The van der Waals surface area contributed by atoms with Crippen LogP contribution < -0.4 is 5.73 Å². The van der Waals surface area contributed by atoms with Gasteiger partial charge in [-0.1, -0.05) is 22.9 Å². The first-order chi connectivity index (χ1) is 7.80. The molecule has 96 valence electrons. The zero-order chi connectivity index (χ0) is 13.2. The number of rotatable bonds is 4. The summed E-state index contributed by atoms with van der Waals surface area (Å²) in [6.07, 6.45) is 0. The van der Waals surface area contributed by atoms with E-state index in [1.54, 1.807) is 12.1 Å². The Hall–Kier alpha value is -0.590. The molecule has 1 aromatic rings. The minimum Gasteiger partial charge on any atom is -0.398 e. The lowest BCUT2D eigenvalue weighted by atomic mass is 10.3. The highest BCUT2D eigenvalue weighted by atomic mass is 79.9. The Morgan fingerprint density at radius 1 is 1.41 bits per heavy atom. The minimum atomic E-state index is -3.51. The molecule has 0 aliphatic heterocycles. The van der Waals surface area contributed by atoms with E-state index in [0.29, 0.717) is 6.54 Å². The van der Waals surface area contributed by atoms with Crippen LogP contribution in [0.1, 0.15) is 20.8 Å². The van der Waals surface area contributed by atoms with E-state index in [0.717, 1.165) is 4.47 Å². The van der Waals surface area contributed by atoms with E-state index < -0.39 is 10.0 Å². The molecule has 2 N–H and O–H groups in total. The maximum absolute atomic E-state index is 12.4. The maximum atomic E-state index is 12.4. The van der Waals surface area contributed by atoms with Gasteiger partial charge in [-0.05, 0) is 32.0 Å². The molecule has 0 saturated heterocycles. The molecule has 0 aliphatic rings. The summed E-state index contributed by atoms with van der Waals surface area (Å²) in [6, 6.07) is 4.71. The minimum absolute atomic E-state index is 0.0898. The van der Waals surface area contributed by atoms with Crippen LogP contribution in [0.2, 0.25) is 0 Å². The van der Waals surface area contributed by atoms with E-state index >= 15 is 0 Å². The van der Waals surface area contributed by atoms with Crippen molar-refractivity contribution in [1.82, 2.24) is 4.31 Å². The molecular weight excluding hydrogens is 304 g/mol. The van der Waals surface area contributed by atoms with Crippen molar-refractivity contribution in [3.05, 3.63) is 22.7 Å². The number of nitrogen functional groups attached to an aromatic ring is 1. The number of sulfonamides is 1. The van der Waals surface area contributed by atoms with Crippen molar-refractivity contribution in [2.45, 2.75) is 31.7 Å². The summed E-state index contributed by atoms with van der Waals surface area (Å²) in [4.78, 5) is 0.163. The normalized spacial score (nSPS) is 12.4. The summed E-state index contributed by atoms with van der Waals surface area (Å²) in [7, 11) is -3.51. The second kappa shape index (κ2) is 5.37. The van der Waals surface area contributed by atoms with Gasteiger partial charge in [-0.3, -0.25) is 0 Å². The van der Waals surface area contributed by atoms with Gasteiger partial charge in [-0.15, -0.1) is 0 Å². The van der Waals surface area contributed by atoms with E-state index in [1.165, 1.54) is 10.4 Å². The van der Waals surface area contributed by atoms with E-state index in [-0.39, 0.29) is 16.6 Å². The first-order valence-electron chi connectivity index (χ1n) is 5.37. The number of nitrogens with two attached hydrogens (primary N) is 1. The summed E-state index contributed by atoms with van der Waals surface area (Å²) in [5, 5.41) is 0. The SMILES string of the molecule is CCN(C(C)C)S(=O)(=O)c1ccc(Br)cc1N. The first-order valence-corrected chi connectivity index (χ1v) is 7.61. The first kappa shape index (κ1) is 14.5. The third-order valence-corrected chi connectivity index (χ3v) is 5.16. The zero-order valence-corrected chi connectivity index (χ0v) is 12.5. The van der Waals surface area contributed by atoms with Gasteiger partial charge in [0.25, 0.3) is 0 Å². The smallest absolute Gasteiger partial charge is 0.245 e. The second-order valence-corrected chi connectivity index (χ2v) is 6.76. The molecule has 0 saturated carbocycles. The van der Waals surface area contributed by atoms with Gasteiger partial charge in [0.1, 0.15) is 4.90 Å². The third kappa shape index (κ3) is 3.00. The van der Waals surface area contributed by atoms with Gasteiger partial charge in [-0.25, -0.2) is 8.42 Å². The van der Waals surface area contributed by atoms with Crippen LogP contribution in [-0.2, 0) is 10.0 Å². The summed E-state index contributed by atoms with van der Waals surface area (Å²) in [5.41, 5.74) is 6.03. The number of hydrogen-bond acceptors (Lipinski definition) is 3. The van der Waals surface area contributed by atoms with E-state index in [2.05, 4.69) is 15.9 Å². The highest BCUT2D eigenvalue weighted by Crippen LogP contribution is 2.26. The van der Waals surface area contributed by atoms with Gasteiger partial charge in [-0.2, -0.15) is 4.31 Å². The Labute approximate surface area is 111 Å². The monoisotopic (exact) mass is 320 g/mol.